The Morgan fingerprint density at radius 3 is 3.00 bits per heavy atom. The van der Waals surface area contributed by atoms with Gasteiger partial charge in [0.1, 0.15) is 24.0 Å². The first-order valence-corrected chi connectivity index (χ1v) is 5.51. The average Bonchev–Trinajstić information content (AvgIpc) is 3.10. The maximum atomic E-state index is 11.2. The predicted molar refractivity (Wildman–Crippen MR) is 62.5 cm³/mol. The van der Waals surface area contributed by atoms with Crippen LogP contribution in [0.5, 0.6) is 5.75 Å². The van der Waals surface area contributed by atoms with E-state index in [2.05, 4.69) is 0 Å². The molecule has 1 fully saturated rings. The fourth-order valence-corrected chi connectivity index (χ4v) is 1.74. The zero-order chi connectivity index (χ0) is 11.8. The van der Waals surface area contributed by atoms with E-state index in [0.29, 0.717) is 12.2 Å². The highest BCUT2D eigenvalue weighted by Crippen LogP contribution is 2.23. The normalized spacial score (nSPS) is 18.3. The Hall–Kier alpha value is -1.81. The van der Waals surface area contributed by atoms with Gasteiger partial charge in [-0.1, -0.05) is 0 Å². The Bertz CT molecular complexity index is 610. The van der Waals surface area contributed by atoms with Crippen LogP contribution in [0.3, 0.4) is 0 Å². The quantitative estimate of drug-likeness (QED) is 0.599. The third kappa shape index (κ3) is 2.17. The molecule has 1 aromatic carbocycles. The molecule has 1 saturated heterocycles. The lowest BCUT2D eigenvalue weighted by Gasteiger charge is -2.06. The van der Waals surface area contributed by atoms with Crippen molar-refractivity contribution in [3.05, 3.63) is 40.2 Å². The van der Waals surface area contributed by atoms with Gasteiger partial charge in [0.2, 0.25) is 0 Å². The number of hydrogen-bond acceptors (Lipinski definition) is 4. The molecule has 88 valence electrons. The lowest BCUT2D eigenvalue weighted by molar-refractivity contribution is 0.263. The van der Waals surface area contributed by atoms with Crippen molar-refractivity contribution in [2.75, 3.05) is 13.2 Å². The molecule has 3 rings (SSSR count). The van der Waals surface area contributed by atoms with E-state index in [4.69, 9.17) is 13.9 Å². The van der Waals surface area contributed by atoms with Crippen molar-refractivity contribution in [2.45, 2.75) is 13.0 Å². The molecular weight excluding hydrogens is 220 g/mol. The van der Waals surface area contributed by atoms with Crippen molar-refractivity contribution in [1.82, 2.24) is 0 Å². The monoisotopic (exact) mass is 232 g/mol. The summed E-state index contributed by atoms with van der Waals surface area (Å²) in [6.07, 6.45) is 0.237. The number of ether oxygens (including phenoxy) is 2. The molecule has 0 N–H and O–H groups in total. The predicted octanol–water partition coefficient (Wildman–Crippen LogP) is 1.88. The summed E-state index contributed by atoms with van der Waals surface area (Å²) >= 11 is 0. The molecule has 2 heterocycles. The molecule has 1 unspecified atom stereocenters. The van der Waals surface area contributed by atoms with Crippen molar-refractivity contribution in [2.24, 2.45) is 0 Å². The summed E-state index contributed by atoms with van der Waals surface area (Å²) < 4.78 is 15.8. The van der Waals surface area contributed by atoms with Gasteiger partial charge in [-0.3, -0.25) is 0 Å². The van der Waals surface area contributed by atoms with Crippen molar-refractivity contribution >= 4 is 11.0 Å². The van der Waals surface area contributed by atoms with Gasteiger partial charge in [0.15, 0.2) is 0 Å². The second-order valence-electron chi connectivity index (χ2n) is 4.17. The lowest BCUT2D eigenvalue weighted by Crippen LogP contribution is -2.04. The van der Waals surface area contributed by atoms with Crippen LogP contribution >= 0.6 is 0 Å². The van der Waals surface area contributed by atoms with E-state index in [0.717, 1.165) is 23.3 Å². The van der Waals surface area contributed by atoms with Gasteiger partial charge < -0.3 is 13.9 Å². The number of aryl methyl sites for hydroxylation is 1. The zero-order valence-corrected chi connectivity index (χ0v) is 9.43. The molecule has 0 bridgehead atoms. The van der Waals surface area contributed by atoms with Crippen LogP contribution in [0.15, 0.2) is 33.5 Å². The molecule has 0 radical (unpaired) electrons. The van der Waals surface area contributed by atoms with Crippen LogP contribution in [0.25, 0.3) is 11.0 Å². The number of fused-ring (bicyclic) bond motifs is 1. The van der Waals surface area contributed by atoms with Gasteiger partial charge in [-0.15, -0.1) is 0 Å². The fourth-order valence-electron chi connectivity index (χ4n) is 1.74. The van der Waals surface area contributed by atoms with E-state index in [1.54, 1.807) is 12.1 Å². The van der Waals surface area contributed by atoms with E-state index in [1.165, 1.54) is 6.07 Å². The average molecular weight is 232 g/mol. The summed E-state index contributed by atoms with van der Waals surface area (Å²) in [4.78, 5) is 11.2. The highest BCUT2D eigenvalue weighted by Gasteiger charge is 2.23. The van der Waals surface area contributed by atoms with Gasteiger partial charge in [0, 0.05) is 11.5 Å². The minimum atomic E-state index is -0.324. The number of epoxide rings is 1. The summed E-state index contributed by atoms with van der Waals surface area (Å²) in [6.45, 7) is 3.23. The highest BCUT2D eigenvalue weighted by atomic mass is 16.6. The summed E-state index contributed by atoms with van der Waals surface area (Å²) in [7, 11) is 0. The Kier molecular flexibility index (Phi) is 2.37. The van der Waals surface area contributed by atoms with Crippen LogP contribution in [0.4, 0.5) is 0 Å². The minimum absolute atomic E-state index is 0.237. The van der Waals surface area contributed by atoms with E-state index in [9.17, 15) is 4.79 Å². The molecule has 2 aromatic rings. The zero-order valence-electron chi connectivity index (χ0n) is 9.43. The SMILES string of the molecule is Cc1cc(=O)oc2ccc(OCC3CO3)cc12. The Morgan fingerprint density at radius 2 is 2.24 bits per heavy atom. The van der Waals surface area contributed by atoms with Crippen molar-refractivity contribution in [3.63, 3.8) is 0 Å². The Labute approximate surface area is 97.8 Å². The topological polar surface area (TPSA) is 52.0 Å². The summed E-state index contributed by atoms with van der Waals surface area (Å²) in [5, 5.41) is 0.902. The molecular formula is C13H12O4. The first-order chi connectivity index (χ1) is 8.22. The van der Waals surface area contributed by atoms with Gasteiger partial charge in [-0.25, -0.2) is 4.79 Å². The molecule has 17 heavy (non-hydrogen) atoms. The molecule has 1 aliphatic heterocycles. The Morgan fingerprint density at radius 1 is 1.41 bits per heavy atom. The van der Waals surface area contributed by atoms with Crippen LogP contribution < -0.4 is 10.4 Å². The van der Waals surface area contributed by atoms with Crippen molar-refractivity contribution in [3.8, 4) is 5.75 Å². The molecule has 0 amide bonds. The van der Waals surface area contributed by atoms with Crippen LogP contribution in [-0.2, 0) is 4.74 Å². The molecule has 1 aliphatic rings. The van der Waals surface area contributed by atoms with Gasteiger partial charge in [-0.05, 0) is 30.7 Å². The maximum absolute atomic E-state index is 11.2. The number of hydrogen-bond donors (Lipinski definition) is 0. The smallest absolute Gasteiger partial charge is 0.336 e. The Balaban J connectivity index is 1.96. The van der Waals surface area contributed by atoms with E-state index in [-0.39, 0.29) is 11.7 Å². The van der Waals surface area contributed by atoms with Crippen molar-refractivity contribution in [1.29, 1.82) is 0 Å². The van der Waals surface area contributed by atoms with Crippen LogP contribution in [0.2, 0.25) is 0 Å². The standard InChI is InChI=1S/C13H12O4/c1-8-4-13(14)17-12-3-2-9(5-11(8)12)15-6-10-7-16-10/h2-5,10H,6-7H2,1H3. The number of benzene rings is 1. The van der Waals surface area contributed by atoms with E-state index >= 15 is 0 Å². The van der Waals surface area contributed by atoms with E-state index < -0.39 is 0 Å². The fraction of sp³-hybridized carbons (Fsp3) is 0.308. The second-order valence-corrected chi connectivity index (χ2v) is 4.17. The molecule has 4 heteroatoms. The second kappa shape index (κ2) is 3.89. The van der Waals surface area contributed by atoms with Crippen LogP contribution in [0, 0.1) is 6.92 Å². The molecule has 0 aliphatic carbocycles. The maximum Gasteiger partial charge on any atom is 0.336 e. The van der Waals surface area contributed by atoms with E-state index in [1.807, 2.05) is 13.0 Å². The van der Waals surface area contributed by atoms with Gasteiger partial charge in [-0.2, -0.15) is 0 Å². The van der Waals surface area contributed by atoms with Crippen molar-refractivity contribution < 1.29 is 13.9 Å². The first-order valence-electron chi connectivity index (χ1n) is 5.51. The van der Waals surface area contributed by atoms with Gasteiger partial charge >= 0.3 is 5.63 Å². The third-order valence-corrected chi connectivity index (χ3v) is 2.76. The number of rotatable bonds is 3. The van der Waals surface area contributed by atoms with Gasteiger partial charge in [0.05, 0.1) is 6.61 Å². The van der Waals surface area contributed by atoms with Gasteiger partial charge in [0.25, 0.3) is 0 Å². The minimum Gasteiger partial charge on any atom is -0.491 e. The summed E-state index contributed by atoms with van der Waals surface area (Å²) in [5.41, 5.74) is 1.16. The third-order valence-electron chi connectivity index (χ3n) is 2.76. The largest absolute Gasteiger partial charge is 0.491 e. The molecule has 0 saturated carbocycles. The summed E-state index contributed by atoms with van der Waals surface area (Å²) in [6, 6.07) is 6.92. The lowest BCUT2D eigenvalue weighted by atomic mass is 10.1. The molecule has 1 atom stereocenters. The molecule has 1 aromatic heterocycles. The van der Waals surface area contributed by atoms with Crippen LogP contribution in [0.1, 0.15) is 5.56 Å². The molecule has 4 nitrogen and oxygen atoms in total. The summed E-state index contributed by atoms with van der Waals surface area (Å²) in [5.74, 6) is 0.768. The van der Waals surface area contributed by atoms with Crippen LogP contribution in [-0.4, -0.2) is 19.3 Å². The highest BCUT2D eigenvalue weighted by molar-refractivity contribution is 5.81. The molecule has 0 spiro atoms. The first kappa shape index (κ1) is 10.4.